The van der Waals surface area contributed by atoms with Crippen molar-refractivity contribution < 1.29 is 9.13 Å². The Morgan fingerprint density at radius 3 is 2.55 bits per heavy atom. The van der Waals surface area contributed by atoms with Crippen molar-refractivity contribution in [1.82, 2.24) is 10.3 Å². The van der Waals surface area contributed by atoms with E-state index in [9.17, 15) is 4.39 Å². The molecule has 0 aliphatic carbocycles. The molecule has 1 aromatic heterocycles. The molecule has 2 aromatic rings. The molecule has 1 heterocycles. The van der Waals surface area contributed by atoms with E-state index in [1.165, 1.54) is 6.07 Å². The Hall–Kier alpha value is -1.94. The van der Waals surface area contributed by atoms with Crippen molar-refractivity contribution in [1.29, 1.82) is 0 Å². The molecular weight excluding hydrogens is 255 g/mol. The highest BCUT2D eigenvalue weighted by atomic mass is 19.1. The third kappa shape index (κ3) is 3.33. The fraction of sp³-hybridized carbons (Fsp3) is 0.312. The quantitative estimate of drug-likeness (QED) is 0.877. The van der Waals surface area contributed by atoms with Gasteiger partial charge in [0, 0.05) is 6.20 Å². The summed E-state index contributed by atoms with van der Waals surface area (Å²) in [5.74, 6) is 0.514. The Balaban J connectivity index is 2.31. The summed E-state index contributed by atoms with van der Waals surface area (Å²) in [6, 6.07) is 10.4. The summed E-state index contributed by atoms with van der Waals surface area (Å²) in [5, 5.41) is 3.26. The summed E-state index contributed by atoms with van der Waals surface area (Å²) < 4.78 is 19.3. The van der Waals surface area contributed by atoms with Gasteiger partial charge in [0.05, 0.1) is 18.3 Å². The smallest absolute Gasteiger partial charge is 0.146 e. The summed E-state index contributed by atoms with van der Waals surface area (Å²) in [7, 11) is 0. The normalized spacial score (nSPS) is 12.2. The average molecular weight is 274 g/mol. The molecule has 0 bridgehead atoms. The lowest BCUT2D eigenvalue weighted by Gasteiger charge is -2.18. The van der Waals surface area contributed by atoms with Crippen molar-refractivity contribution in [3.63, 3.8) is 0 Å². The van der Waals surface area contributed by atoms with Crippen molar-refractivity contribution in [3.05, 3.63) is 59.7 Å². The lowest BCUT2D eigenvalue weighted by molar-refractivity contribution is 0.340. The molecule has 106 valence electrons. The standard InChI is InChI=1S/C16H19FN2O/c1-3-18-15(16-14(17)6-5-11-19-16)12-7-9-13(10-8-12)20-4-2/h5-11,15,18H,3-4H2,1-2H3. The Kier molecular flexibility index (Phi) is 5.07. The van der Waals surface area contributed by atoms with Crippen LogP contribution >= 0.6 is 0 Å². The number of halogens is 1. The predicted molar refractivity (Wildman–Crippen MR) is 77.3 cm³/mol. The molecule has 20 heavy (non-hydrogen) atoms. The van der Waals surface area contributed by atoms with Crippen LogP contribution in [0.5, 0.6) is 5.75 Å². The molecule has 0 saturated heterocycles. The molecule has 3 nitrogen and oxygen atoms in total. The Bertz CT molecular complexity index is 542. The van der Waals surface area contributed by atoms with Crippen LogP contribution in [0.1, 0.15) is 31.1 Å². The highest BCUT2D eigenvalue weighted by Crippen LogP contribution is 2.24. The van der Waals surface area contributed by atoms with Gasteiger partial charge in [0.25, 0.3) is 0 Å². The molecule has 1 N–H and O–H groups in total. The summed E-state index contributed by atoms with van der Waals surface area (Å²) in [4.78, 5) is 4.16. The minimum absolute atomic E-state index is 0.253. The fourth-order valence-electron chi connectivity index (χ4n) is 2.11. The predicted octanol–water partition coefficient (Wildman–Crippen LogP) is 3.32. The van der Waals surface area contributed by atoms with Crippen molar-refractivity contribution in [2.75, 3.05) is 13.2 Å². The summed E-state index contributed by atoms with van der Waals surface area (Å²) in [5.41, 5.74) is 1.38. The topological polar surface area (TPSA) is 34.1 Å². The number of aromatic nitrogens is 1. The van der Waals surface area contributed by atoms with Gasteiger partial charge in [-0.1, -0.05) is 19.1 Å². The zero-order valence-electron chi connectivity index (χ0n) is 11.8. The maximum atomic E-state index is 13.9. The van der Waals surface area contributed by atoms with Gasteiger partial charge in [-0.25, -0.2) is 4.39 Å². The van der Waals surface area contributed by atoms with Crippen LogP contribution in [0.3, 0.4) is 0 Å². The van der Waals surface area contributed by atoms with Crippen LogP contribution in [0, 0.1) is 5.82 Å². The molecule has 2 rings (SSSR count). The molecule has 1 aromatic carbocycles. The number of hydrogen-bond acceptors (Lipinski definition) is 3. The molecule has 0 aliphatic rings. The first-order chi connectivity index (χ1) is 9.76. The van der Waals surface area contributed by atoms with Crippen LogP contribution in [0.2, 0.25) is 0 Å². The maximum Gasteiger partial charge on any atom is 0.146 e. The third-order valence-electron chi connectivity index (χ3n) is 2.99. The van der Waals surface area contributed by atoms with E-state index >= 15 is 0 Å². The van der Waals surface area contributed by atoms with Crippen LogP contribution in [0.4, 0.5) is 4.39 Å². The number of benzene rings is 1. The third-order valence-corrected chi connectivity index (χ3v) is 2.99. The zero-order valence-corrected chi connectivity index (χ0v) is 11.8. The number of pyridine rings is 1. The molecule has 4 heteroatoms. The van der Waals surface area contributed by atoms with E-state index in [0.717, 1.165) is 17.9 Å². The van der Waals surface area contributed by atoms with Gasteiger partial charge in [-0.3, -0.25) is 4.98 Å². The molecule has 0 aliphatic heterocycles. The lowest BCUT2D eigenvalue weighted by Crippen LogP contribution is -2.24. The van der Waals surface area contributed by atoms with Crippen molar-refractivity contribution >= 4 is 0 Å². The summed E-state index contributed by atoms with van der Waals surface area (Å²) in [6.07, 6.45) is 1.61. The van der Waals surface area contributed by atoms with E-state index < -0.39 is 0 Å². The molecule has 0 amide bonds. The van der Waals surface area contributed by atoms with Crippen LogP contribution < -0.4 is 10.1 Å². The Morgan fingerprint density at radius 2 is 1.95 bits per heavy atom. The van der Waals surface area contributed by atoms with Gasteiger partial charge >= 0.3 is 0 Å². The molecule has 0 radical (unpaired) electrons. The highest BCUT2D eigenvalue weighted by molar-refractivity contribution is 5.33. The molecule has 1 unspecified atom stereocenters. The summed E-state index contributed by atoms with van der Waals surface area (Å²) >= 11 is 0. The highest BCUT2D eigenvalue weighted by Gasteiger charge is 2.18. The first kappa shape index (κ1) is 14.5. The number of rotatable bonds is 6. The second-order valence-corrected chi connectivity index (χ2v) is 4.36. The van der Waals surface area contributed by atoms with Crippen LogP contribution in [0.15, 0.2) is 42.6 Å². The van der Waals surface area contributed by atoms with Crippen molar-refractivity contribution in [2.24, 2.45) is 0 Å². The van der Waals surface area contributed by atoms with E-state index in [-0.39, 0.29) is 11.9 Å². The second kappa shape index (κ2) is 7.01. The van der Waals surface area contributed by atoms with Gasteiger partial charge in [-0.2, -0.15) is 0 Å². The minimum atomic E-state index is -0.299. The number of ether oxygens (including phenoxy) is 1. The van der Waals surface area contributed by atoms with Crippen molar-refractivity contribution in [3.8, 4) is 5.75 Å². The number of nitrogens with zero attached hydrogens (tertiary/aromatic N) is 1. The van der Waals surface area contributed by atoms with E-state index in [4.69, 9.17) is 4.74 Å². The second-order valence-electron chi connectivity index (χ2n) is 4.36. The van der Waals surface area contributed by atoms with Crippen molar-refractivity contribution in [2.45, 2.75) is 19.9 Å². The zero-order chi connectivity index (χ0) is 14.4. The largest absolute Gasteiger partial charge is 0.494 e. The first-order valence-corrected chi connectivity index (χ1v) is 6.82. The maximum absolute atomic E-state index is 13.9. The van der Waals surface area contributed by atoms with E-state index in [1.54, 1.807) is 12.3 Å². The van der Waals surface area contributed by atoms with Gasteiger partial charge in [-0.05, 0) is 43.3 Å². The molecule has 0 fully saturated rings. The first-order valence-electron chi connectivity index (χ1n) is 6.82. The van der Waals surface area contributed by atoms with E-state index in [1.807, 2.05) is 38.1 Å². The van der Waals surface area contributed by atoms with Gasteiger partial charge in [0.2, 0.25) is 0 Å². The van der Waals surface area contributed by atoms with Crippen LogP contribution in [-0.2, 0) is 0 Å². The average Bonchev–Trinajstić information content (AvgIpc) is 2.47. The lowest BCUT2D eigenvalue weighted by atomic mass is 10.0. The van der Waals surface area contributed by atoms with Crippen LogP contribution in [0.25, 0.3) is 0 Å². The van der Waals surface area contributed by atoms with E-state index in [0.29, 0.717) is 12.3 Å². The fourth-order valence-corrected chi connectivity index (χ4v) is 2.11. The van der Waals surface area contributed by atoms with E-state index in [2.05, 4.69) is 10.3 Å². The molecule has 0 spiro atoms. The van der Waals surface area contributed by atoms with Crippen LogP contribution in [-0.4, -0.2) is 18.1 Å². The molecule has 1 atom stereocenters. The minimum Gasteiger partial charge on any atom is -0.494 e. The number of nitrogens with one attached hydrogen (secondary N) is 1. The SMILES string of the molecule is CCNC(c1ccc(OCC)cc1)c1ncccc1F. The van der Waals surface area contributed by atoms with Gasteiger partial charge in [-0.15, -0.1) is 0 Å². The Labute approximate surface area is 118 Å². The Morgan fingerprint density at radius 1 is 1.20 bits per heavy atom. The number of hydrogen-bond donors (Lipinski definition) is 1. The molecular formula is C16H19FN2O. The molecule has 0 saturated carbocycles. The van der Waals surface area contributed by atoms with Gasteiger partial charge in [0.15, 0.2) is 0 Å². The van der Waals surface area contributed by atoms with Gasteiger partial charge in [0.1, 0.15) is 11.6 Å². The summed E-state index contributed by atoms with van der Waals surface area (Å²) in [6.45, 7) is 5.29. The monoisotopic (exact) mass is 274 g/mol. The van der Waals surface area contributed by atoms with Gasteiger partial charge < -0.3 is 10.1 Å².